The van der Waals surface area contributed by atoms with Gasteiger partial charge in [0.05, 0.1) is 5.69 Å². The Kier molecular flexibility index (Phi) is 3.71. The highest BCUT2D eigenvalue weighted by molar-refractivity contribution is 5.76. The van der Waals surface area contributed by atoms with Crippen molar-refractivity contribution in [3.05, 3.63) is 17.7 Å². The summed E-state index contributed by atoms with van der Waals surface area (Å²) in [6, 6.07) is 0.367. The topological polar surface area (TPSA) is 64.1 Å². The molecule has 0 saturated heterocycles. The monoisotopic (exact) mass is 250 g/mol. The van der Waals surface area contributed by atoms with E-state index in [2.05, 4.69) is 4.98 Å². The van der Waals surface area contributed by atoms with E-state index in [9.17, 15) is 4.79 Å². The first-order valence-corrected chi connectivity index (χ1v) is 6.60. The van der Waals surface area contributed by atoms with E-state index in [1.807, 2.05) is 36.6 Å². The fourth-order valence-electron chi connectivity index (χ4n) is 2.04. The summed E-state index contributed by atoms with van der Waals surface area (Å²) in [6.45, 7) is 4.32. The van der Waals surface area contributed by atoms with Crippen molar-refractivity contribution in [1.82, 2.24) is 14.5 Å². The van der Waals surface area contributed by atoms with Crippen molar-refractivity contribution in [2.45, 2.75) is 51.7 Å². The first-order chi connectivity index (χ1) is 8.52. The second-order valence-corrected chi connectivity index (χ2v) is 5.09. The largest absolute Gasteiger partial charge is 0.341 e. The Morgan fingerprint density at radius 2 is 2.33 bits per heavy atom. The van der Waals surface area contributed by atoms with Gasteiger partial charge in [0.25, 0.3) is 0 Å². The molecule has 1 aromatic rings. The molecule has 1 aliphatic carbocycles. The summed E-state index contributed by atoms with van der Waals surface area (Å²) in [4.78, 5) is 18.4. The summed E-state index contributed by atoms with van der Waals surface area (Å²) >= 11 is 0. The van der Waals surface area contributed by atoms with Gasteiger partial charge in [-0.05, 0) is 19.8 Å². The third-order valence-electron chi connectivity index (χ3n) is 3.45. The zero-order valence-electron chi connectivity index (χ0n) is 11.4. The van der Waals surface area contributed by atoms with E-state index in [1.54, 1.807) is 0 Å². The maximum absolute atomic E-state index is 12.1. The minimum Gasteiger partial charge on any atom is -0.341 e. The second kappa shape index (κ2) is 5.10. The SMILES string of the molecule is CCc1nc([C@H](C)N)cn1CC(=O)N(C)C1CC1. The van der Waals surface area contributed by atoms with Crippen molar-refractivity contribution in [2.75, 3.05) is 7.05 Å². The number of rotatable bonds is 5. The average molecular weight is 250 g/mol. The molecule has 1 heterocycles. The lowest BCUT2D eigenvalue weighted by atomic mass is 10.3. The normalized spacial score (nSPS) is 16.7. The molecular formula is C13H22N4O. The Hall–Kier alpha value is -1.36. The Labute approximate surface area is 108 Å². The van der Waals surface area contributed by atoms with E-state index in [4.69, 9.17) is 5.73 Å². The van der Waals surface area contributed by atoms with Crippen LogP contribution in [0.25, 0.3) is 0 Å². The molecule has 100 valence electrons. The van der Waals surface area contributed by atoms with Gasteiger partial charge in [0, 0.05) is 31.7 Å². The molecule has 1 amide bonds. The number of imidazole rings is 1. The van der Waals surface area contributed by atoms with Crippen LogP contribution in [0.15, 0.2) is 6.20 Å². The van der Waals surface area contributed by atoms with Gasteiger partial charge in [-0.2, -0.15) is 0 Å². The maximum atomic E-state index is 12.1. The molecule has 1 aromatic heterocycles. The quantitative estimate of drug-likeness (QED) is 0.850. The Bertz CT molecular complexity index is 434. The zero-order valence-corrected chi connectivity index (χ0v) is 11.4. The molecule has 0 unspecified atom stereocenters. The van der Waals surface area contributed by atoms with Crippen molar-refractivity contribution in [2.24, 2.45) is 5.73 Å². The Balaban J connectivity index is 2.09. The molecule has 0 bridgehead atoms. The second-order valence-electron chi connectivity index (χ2n) is 5.09. The lowest BCUT2D eigenvalue weighted by Crippen LogP contribution is -2.32. The molecule has 5 nitrogen and oxygen atoms in total. The highest BCUT2D eigenvalue weighted by Crippen LogP contribution is 2.25. The molecule has 0 aliphatic heterocycles. The van der Waals surface area contributed by atoms with Gasteiger partial charge >= 0.3 is 0 Å². The standard InChI is InChI=1S/C13H22N4O/c1-4-12-15-11(9(2)14)7-17(12)8-13(18)16(3)10-5-6-10/h7,9-10H,4-6,8,14H2,1-3H3/t9-/m0/s1. The van der Waals surface area contributed by atoms with Gasteiger partial charge in [-0.15, -0.1) is 0 Å². The molecule has 0 radical (unpaired) electrons. The number of nitrogens with zero attached hydrogens (tertiary/aromatic N) is 3. The summed E-state index contributed by atoms with van der Waals surface area (Å²) in [7, 11) is 1.88. The van der Waals surface area contributed by atoms with Crippen LogP contribution in [0.3, 0.4) is 0 Å². The highest BCUT2D eigenvalue weighted by atomic mass is 16.2. The first kappa shape index (κ1) is 13.1. The molecule has 1 aliphatic rings. The van der Waals surface area contributed by atoms with E-state index >= 15 is 0 Å². The summed E-state index contributed by atoms with van der Waals surface area (Å²) in [5, 5.41) is 0. The van der Waals surface area contributed by atoms with Crippen LogP contribution in [0.2, 0.25) is 0 Å². The van der Waals surface area contributed by atoms with Gasteiger partial charge in [0.2, 0.25) is 5.91 Å². The van der Waals surface area contributed by atoms with Crippen molar-refractivity contribution < 1.29 is 4.79 Å². The Morgan fingerprint density at radius 3 is 2.83 bits per heavy atom. The predicted octanol–water partition coefficient (Wildman–Crippen LogP) is 1.09. The number of nitrogens with two attached hydrogens (primary N) is 1. The Morgan fingerprint density at radius 1 is 1.67 bits per heavy atom. The number of carbonyl (C=O) groups is 1. The summed E-state index contributed by atoms with van der Waals surface area (Å²) in [5.74, 6) is 1.08. The molecule has 2 N–H and O–H groups in total. The lowest BCUT2D eigenvalue weighted by molar-refractivity contribution is -0.131. The number of hydrogen-bond donors (Lipinski definition) is 1. The fourth-order valence-corrected chi connectivity index (χ4v) is 2.04. The minimum atomic E-state index is -0.0900. The number of hydrogen-bond acceptors (Lipinski definition) is 3. The minimum absolute atomic E-state index is 0.0900. The molecule has 2 rings (SSSR count). The third kappa shape index (κ3) is 2.72. The zero-order chi connectivity index (χ0) is 13.3. The molecule has 1 atom stereocenters. The van der Waals surface area contributed by atoms with E-state index in [0.717, 1.165) is 30.8 Å². The van der Waals surface area contributed by atoms with Gasteiger partial charge in [-0.3, -0.25) is 4.79 Å². The summed E-state index contributed by atoms with van der Waals surface area (Å²) < 4.78 is 1.93. The summed E-state index contributed by atoms with van der Waals surface area (Å²) in [6.07, 6.45) is 4.99. The predicted molar refractivity (Wildman–Crippen MR) is 70.0 cm³/mol. The van der Waals surface area contributed by atoms with Crippen LogP contribution in [0.5, 0.6) is 0 Å². The van der Waals surface area contributed by atoms with Gasteiger partial charge in [0.1, 0.15) is 12.4 Å². The van der Waals surface area contributed by atoms with E-state index < -0.39 is 0 Å². The van der Waals surface area contributed by atoms with Crippen LogP contribution < -0.4 is 5.73 Å². The van der Waals surface area contributed by atoms with Crippen LogP contribution in [0.1, 0.15) is 44.2 Å². The third-order valence-corrected chi connectivity index (χ3v) is 3.45. The van der Waals surface area contributed by atoms with Gasteiger partial charge in [0.15, 0.2) is 0 Å². The molecule has 0 aromatic carbocycles. The van der Waals surface area contributed by atoms with Crippen molar-refractivity contribution in [3.63, 3.8) is 0 Å². The van der Waals surface area contributed by atoms with Crippen LogP contribution in [-0.2, 0) is 17.8 Å². The van der Waals surface area contributed by atoms with Gasteiger partial charge in [-0.25, -0.2) is 4.98 Å². The molecule has 1 saturated carbocycles. The van der Waals surface area contributed by atoms with Gasteiger partial charge in [-0.1, -0.05) is 6.92 Å². The van der Waals surface area contributed by atoms with Crippen molar-refractivity contribution >= 4 is 5.91 Å². The molecule has 18 heavy (non-hydrogen) atoms. The van der Waals surface area contributed by atoms with Crippen molar-refractivity contribution in [3.8, 4) is 0 Å². The highest BCUT2D eigenvalue weighted by Gasteiger charge is 2.29. The number of amides is 1. The number of carbonyl (C=O) groups excluding carboxylic acids is 1. The van der Waals surface area contributed by atoms with E-state index in [-0.39, 0.29) is 11.9 Å². The lowest BCUT2D eigenvalue weighted by Gasteiger charge is -2.17. The maximum Gasteiger partial charge on any atom is 0.242 e. The molecule has 5 heteroatoms. The smallest absolute Gasteiger partial charge is 0.242 e. The van der Waals surface area contributed by atoms with E-state index in [1.165, 1.54) is 0 Å². The number of aryl methyl sites for hydroxylation is 1. The van der Waals surface area contributed by atoms with Crippen molar-refractivity contribution in [1.29, 1.82) is 0 Å². The molecule has 0 spiro atoms. The fraction of sp³-hybridized carbons (Fsp3) is 0.692. The van der Waals surface area contributed by atoms with Crippen LogP contribution >= 0.6 is 0 Å². The van der Waals surface area contributed by atoms with Crippen LogP contribution in [0.4, 0.5) is 0 Å². The van der Waals surface area contributed by atoms with Gasteiger partial charge < -0.3 is 15.2 Å². The van der Waals surface area contributed by atoms with E-state index in [0.29, 0.717) is 12.6 Å². The summed E-state index contributed by atoms with van der Waals surface area (Å²) in [5.41, 5.74) is 6.68. The van der Waals surface area contributed by atoms with Crippen LogP contribution in [-0.4, -0.2) is 33.4 Å². The number of aromatic nitrogens is 2. The first-order valence-electron chi connectivity index (χ1n) is 6.60. The molecular weight excluding hydrogens is 228 g/mol. The number of likely N-dealkylation sites (N-methyl/N-ethyl adjacent to an activating group) is 1. The average Bonchev–Trinajstić information content (AvgIpc) is 3.09. The van der Waals surface area contributed by atoms with Crippen LogP contribution in [0, 0.1) is 0 Å². The molecule has 1 fully saturated rings.